The SMILES string of the molecule is Cc1cc2oc(=O)cc(COC(=O)COc3ccccc3C=O)c2cc1C. The summed E-state index contributed by atoms with van der Waals surface area (Å²) >= 11 is 0. The Labute approximate surface area is 155 Å². The lowest BCUT2D eigenvalue weighted by Gasteiger charge is -2.10. The van der Waals surface area contributed by atoms with Crippen molar-refractivity contribution in [3.8, 4) is 5.75 Å². The second kappa shape index (κ2) is 7.86. The first-order valence-electron chi connectivity index (χ1n) is 8.34. The van der Waals surface area contributed by atoms with E-state index in [9.17, 15) is 14.4 Å². The van der Waals surface area contributed by atoms with Crippen LogP contribution in [0.25, 0.3) is 11.0 Å². The largest absolute Gasteiger partial charge is 0.481 e. The van der Waals surface area contributed by atoms with Crippen LogP contribution in [0.15, 0.2) is 51.7 Å². The molecule has 1 heterocycles. The Bertz CT molecular complexity index is 1060. The minimum absolute atomic E-state index is 0.0812. The number of hydrogen-bond donors (Lipinski definition) is 0. The monoisotopic (exact) mass is 366 g/mol. The average Bonchev–Trinajstić information content (AvgIpc) is 2.66. The van der Waals surface area contributed by atoms with Crippen LogP contribution in [0, 0.1) is 13.8 Å². The number of fused-ring (bicyclic) bond motifs is 1. The predicted octanol–water partition coefficient (Wildman–Crippen LogP) is 3.34. The Kier molecular flexibility index (Phi) is 5.35. The summed E-state index contributed by atoms with van der Waals surface area (Å²) in [6.07, 6.45) is 0.653. The quantitative estimate of drug-likeness (QED) is 0.378. The van der Waals surface area contributed by atoms with Gasteiger partial charge in [-0.25, -0.2) is 9.59 Å². The van der Waals surface area contributed by atoms with Crippen molar-refractivity contribution in [2.45, 2.75) is 20.5 Å². The summed E-state index contributed by atoms with van der Waals surface area (Å²) in [4.78, 5) is 34.7. The maximum absolute atomic E-state index is 12.0. The molecule has 0 bridgehead atoms. The molecular formula is C21H18O6. The van der Waals surface area contributed by atoms with Gasteiger partial charge in [0.05, 0.1) is 5.56 Å². The van der Waals surface area contributed by atoms with Gasteiger partial charge in [0, 0.05) is 17.0 Å². The van der Waals surface area contributed by atoms with Crippen LogP contribution in [0.2, 0.25) is 0 Å². The molecule has 0 radical (unpaired) electrons. The van der Waals surface area contributed by atoms with Crippen LogP contribution in [0.5, 0.6) is 5.75 Å². The Morgan fingerprint density at radius 3 is 2.63 bits per heavy atom. The van der Waals surface area contributed by atoms with Gasteiger partial charge < -0.3 is 13.9 Å². The summed E-state index contributed by atoms with van der Waals surface area (Å²) in [5.74, 6) is -0.303. The van der Waals surface area contributed by atoms with Gasteiger partial charge in [-0.2, -0.15) is 0 Å². The summed E-state index contributed by atoms with van der Waals surface area (Å²) < 4.78 is 15.8. The van der Waals surface area contributed by atoms with Gasteiger partial charge in [-0.3, -0.25) is 4.79 Å². The summed E-state index contributed by atoms with van der Waals surface area (Å²) in [5, 5.41) is 0.720. The Morgan fingerprint density at radius 2 is 1.85 bits per heavy atom. The van der Waals surface area contributed by atoms with Crippen LogP contribution in [0.1, 0.15) is 27.0 Å². The lowest BCUT2D eigenvalue weighted by molar-refractivity contribution is -0.147. The van der Waals surface area contributed by atoms with Gasteiger partial charge in [-0.1, -0.05) is 12.1 Å². The van der Waals surface area contributed by atoms with Gasteiger partial charge in [-0.05, 0) is 49.2 Å². The maximum Gasteiger partial charge on any atom is 0.344 e. The number of benzene rings is 2. The van der Waals surface area contributed by atoms with Gasteiger partial charge >= 0.3 is 11.6 Å². The first-order valence-corrected chi connectivity index (χ1v) is 8.34. The molecule has 2 aromatic carbocycles. The summed E-state index contributed by atoms with van der Waals surface area (Å²) in [7, 11) is 0. The van der Waals surface area contributed by atoms with E-state index in [-0.39, 0.29) is 13.2 Å². The third kappa shape index (κ3) is 4.23. The topological polar surface area (TPSA) is 82.8 Å². The number of carbonyl (C=O) groups is 2. The van der Waals surface area contributed by atoms with Gasteiger partial charge in [0.15, 0.2) is 12.9 Å². The highest BCUT2D eigenvalue weighted by Gasteiger charge is 2.12. The molecular weight excluding hydrogens is 348 g/mol. The van der Waals surface area contributed by atoms with Crippen molar-refractivity contribution in [1.29, 1.82) is 0 Å². The van der Waals surface area contributed by atoms with Gasteiger partial charge in [0.1, 0.15) is 17.9 Å². The first kappa shape index (κ1) is 18.4. The molecule has 6 heteroatoms. The number of hydrogen-bond acceptors (Lipinski definition) is 6. The van der Waals surface area contributed by atoms with E-state index in [4.69, 9.17) is 13.9 Å². The minimum Gasteiger partial charge on any atom is -0.481 e. The fraction of sp³-hybridized carbons (Fsp3) is 0.190. The lowest BCUT2D eigenvalue weighted by Crippen LogP contribution is -2.16. The van der Waals surface area contributed by atoms with Crippen molar-refractivity contribution in [1.82, 2.24) is 0 Å². The molecule has 0 atom stereocenters. The van der Waals surface area contributed by atoms with E-state index in [1.165, 1.54) is 6.07 Å². The molecule has 0 amide bonds. The molecule has 0 saturated carbocycles. The second-order valence-corrected chi connectivity index (χ2v) is 6.13. The summed E-state index contributed by atoms with van der Waals surface area (Å²) in [6.45, 7) is 3.45. The highest BCUT2D eigenvalue weighted by atomic mass is 16.6. The standard InChI is InChI=1S/C21H18O6/c1-13-7-17-16(9-20(23)27-19(17)8-14(13)2)11-26-21(24)12-25-18-6-4-3-5-15(18)10-22/h3-10H,11-12H2,1-2H3. The Morgan fingerprint density at radius 1 is 1.11 bits per heavy atom. The molecule has 0 saturated heterocycles. The maximum atomic E-state index is 12.0. The third-order valence-electron chi connectivity index (χ3n) is 4.22. The van der Waals surface area contributed by atoms with Crippen LogP contribution < -0.4 is 10.4 Å². The molecule has 3 aromatic rings. The van der Waals surface area contributed by atoms with E-state index in [0.717, 1.165) is 16.5 Å². The molecule has 3 rings (SSSR count). The van der Waals surface area contributed by atoms with Crippen LogP contribution in [-0.4, -0.2) is 18.9 Å². The molecule has 6 nitrogen and oxygen atoms in total. The fourth-order valence-electron chi connectivity index (χ4n) is 2.65. The van der Waals surface area contributed by atoms with Crippen molar-refractivity contribution >= 4 is 23.2 Å². The van der Waals surface area contributed by atoms with Gasteiger partial charge in [0.2, 0.25) is 0 Å². The van der Waals surface area contributed by atoms with Crippen molar-refractivity contribution in [3.05, 3.63) is 75.1 Å². The molecule has 0 aliphatic rings. The third-order valence-corrected chi connectivity index (χ3v) is 4.22. The van der Waals surface area contributed by atoms with E-state index in [2.05, 4.69) is 0 Å². The number of para-hydroxylation sites is 1. The molecule has 0 spiro atoms. The zero-order valence-electron chi connectivity index (χ0n) is 15.0. The van der Waals surface area contributed by atoms with Crippen molar-refractivity contribution in [2.75, 3.05) is 6.61 Å². The highest BCUT2D eigenvalue weighted by molar-refractivity contribution is 5.82. The number of rotatable bonds is 6. The van der Waals surface area contributed by atoms with Crippen molar-refractivity contribution in [2.24, 2.45) is 0 Å². The molecule has 138 valence electrons. The van der Waals surface area contributed by atoms with E-state index in [1.807, 2.05) is 19.9 Å². The van der Waals surface area contributed by atoms with Crippen LogP contribution in [0.3, 0.4) is 0 Å². The molecule has 0 N–H and O–H groups in total. The fourth-order valence-corrected chi connectivity index (χ4v) is 2.65. The Balaban J connectivity index is 1.71. The summed E-state index contributed by atoms with van der Waals surface area (Å²) in [6, 6.07) is 11.6. The molecule has 0 unspecified atom stereocenters. The zero-order valence-corrected chi connectivity index (χ0v) is 15.0. The normalized spacial score (nSPS) is 10.6. The molecule has 27 heavy (non-hydrogen) atoms. The number of carbonyl (C=O) groups excluding carboxylic acids is 2. The van der Waals surface area contributed by atoms with E-state index in [1.54, 1.807) is 30.3 Å². The molecule has 0 aliphatic heterocycles. The van der Waals surface area contributed by atoms with E-state index >= 15 is 0 Å². The summed E-state index contributed by atoms with van der Waals surface area (Å²) in [5.41, 5.74) is 2.90. The number of aryl methyl sites for hydroxylation is 2. The smallest absolute Gasteiger partial charge is 0.344 e. The van der Waals surface area contributed by atoms with Crippen LogP contribution in [-0.2, 0) is 16.1 Å². The average molecular weight is 366 g/mol. The van der Waals surface area contributed by atoms with Gasteiger partial charge in [0.25, 0.3) is 0 Å². The molecule has 0 fully saturated rings. The second-order valence-electron chi connectivity index (χ2n) is 6.13. The van der Waals surface area contributed by atoms with Crippen LogP contribution >= 0.6 is 0 Å². The predicted molar refractivity (Wildman–Crippen MR) is 99.1 cm³/mol. The lowest BCUT2D eigenvalue weighted by atomic mass is 10.0. The minimum atomic E-state index is -0.610. The first-order chi connectivity index (χ1) is 13.0. The highest BCUT2D eigenvalue weighted by Crippen LogP contribution is 2.22. The van der Waals surface area contributed by atoms with Crippen molar-refractivity contribution < 1.29 is 23.5 Å². The number of esters is 1. The number of aldehydes is 1. The van der Waals surface area contributed by atoms with Crippen LogP contribution in [0.4, 0.5) is 0 Å². The van der Waals surface area contributed by atoms with Crippen molar-refractivity contribution in [3.63, 3.8) is 0 Å². The van der Waals surface area contributed by atoms with E-state index in [0.29, 0.717) is 28.7 Å². The molecule has 1 aromatic heterocycles. The Hall–Kier alpha value is -3.41. The molecule has 0 aliphatic carbocycles. The van der Waals surface area contributed by atoms with E-state index < -0.39 is 11.6 Å². The van der Waals surface area contributed by atoms with Gasteiger partial charge in [-0.15, -0.1) is 0 Å². The number of ether oxygens (including phenoxy) is 2. The zero-order chi connectivity index (χ0) is 19.4.